The fraction of sp³-hybridized carbons (Fsp3) is 0.192. The molecule has 0 saturated heterocycles. The molecular weight excluding hydrogens is 515 g/mol. The topological polar surface area (TPSA) is 126 Å². The van der Waals surface area contributed by atoms with E-state index in [0.29, 0.717) is 17.8 Å². The summed E-state index contributed by atoms with van der Waals surface area (Å²) in [7, 11) is 0. The molecule has 1 atom stereocenters. The highest BCUT2D eigenvalue weighted by Crippen LogP contribution is 2.33. The van der Waals surface area contributed by atoms with Crippen molar-refractivity contribution >= 4 is 34.8 Å². The van der Waals surface area contributed by atoms with Gasteiger partial charge in [-0.3, -0.25) is 24.4 Å². The maximum Gasteiger partial charge on any atom is 0.289 e. The van der Waals surface area contributed by atoms with E-state index >= 15 is 0 Å². The second-order valence-corrected chi connectivity index (χ2v) is 9.45. The maximum absolute atomic E-state index is 13.5. The highest BCUT2D eigenvalue weighted by atomic mass is 35.5. The molecule has 194 valence electrons. The van der Waals surface area contributed by atoms with Crippen molar-refractivity contribution in [3.8, 4) is 0 Å². The molecule has 12 heteroatoms. The monoisotopic (exact) mass is 536 g/mol. The van der Waals surface area contributed by atoms with Gasteiger partial charge in [0.15, 0.2) is 5.69 Å². The van der Waals surface area contributed by atoms with Crippen LogP contribution in [0.5, 0.6) is 0 Å². The zero-order valence-corrected chi connectivity index (χ0v) is 20.9. The molecule has 0 spiro atoms. The minimum Gasteiger partial charge on any atom is -0.357 e. The van der Waals surface area contributed by atoms with Crippen LogP contribution in [-0.2, 0) is 13.1 Å². The van der Waals surface area contributed by atoms with Gasteiger partial charge in [0, 0.05) is 41.7 Å². The number of hydrogen-bond donors (Lipinski definition) is 2. The predicted molar refractivity (Wildman–Crippen MR) is 138 cm³/mol. The van der Waals surface area contributed by atoms with E-state index in [1.165, 1.54) is 30.3 Å². The number of carbonyl (C=O) groups excluding carboxylic acids is 2. The molecule has 5 rings (SSSR count). The summed E-state index contributed by atoms with van der Waals surface area (Å²) in [6.45, 7) is 2.78. The smallest absolute Gasteiger partial charge is 0.289 e. The Kier molecular flexibility index (Phi) is 6.68. The summed E-state index contributed by atoms with van der Waals surface area (Å²) in [6, 6.07) is 13.4. The Bertz CT molecular complexity index is 1530. The molecule has 2 N–H and O–H groups in total. The summed E-state index contributed by atoms with van der Waals surface area (Å²) < 4.78 is 15.1. The Labute approximate surface area is 221 Å². The third-order valence-electron chi connectivity index (χ3n) is 6.38. The zero-order chi connectivity index (χ0) is 27.0. The largest absolute Gasteiger partial charge is 0.357 e. The van der Waals surface area contributed by atoms with Crippen LogP contribution in [0.2, 0.25) is 5.02 Å². The van der Waals surface area contributed by atoms with Crippen LogP contribution in [0.1, 0.15) is 50.6 Å². The first-order chi connectivity index (χ1) is 18.2. The number of anilines is 1. The average Bonchev–Trinajstić information content (AvgIpc) is 3.55. The van der Waals surface area contributed by atoms with Crippen LogP contribution in [0.3, 0.4) is 0 Å². The van der Waals surface area contributed by atoms with Gasteiger partial charge in [-0.1, -0.05) is 30.7 Å². The fourth-order valence-corrected chi connectivity index (χ4v) is 4.85. The van der Waals surface area contributed by atoms with Crippen LogP contribution in [0, 0.1) is 15.9 Å². The molecule has 0 fully saturated rings. The van der Waals surface area contributed by atoms with E-state index < -0.39 is 10.8 Å². The molecule has 38 heavy (non-hydrogen) atoms. The normalized spacial score (nSPS) is 14.7. The number of nitrogens with zero attached hydrogens (tertiary/aromatic N) is 4. The van der Waals surface area contributed by atoms with E-state index in [1.54, 1.807) is 40.0 Å². The Morgan fingerprint density at radius 3 is 2.68 bits per heavy atom. The number of halogens is 2. The number of nitrogens with one attached hydrogen (secondary N) is 2. The van der Waals surface area contributed by atoms with Crippen LogP contribution >= 0.6 is 11.6 Å². The van der Waals surface area contributed by atoms with Gasteiger partial charge in [-0.05, 0) is 42.0 Å². The Hall–Kier alpha value is -4.51. The molecule has 0 aliphatic carbocycles. The van der Waals surface area contributed by atoms with E-state index in [-0.39, 0.29) is 52.8 Å². The number of rotatable bonds is 6. The third-order valence-corrected chi connectivity index (χ3v) is 6.70. The van der Waals surface area contributed by atoms with Crippen LogP contribution in [0.4, 0.5) is 15.8 Å². The molecule has 0 saturated carbocycles. The summed E-state index contributed by atoms with van der Waals surface area (Å²) in [5.74, 6) is -1.32. The van der Waals surface area contributed by atoms with Gasteiger partial charge in [-0.15, -0.1) is 0 Å². The van der Waals surface area contributed by atoms with Gasteiger partial charge >= 0.3 is 0 Å². The van der Waals surface area contributed by atoms with Crippen molar-refractivity contribution in [2.75, 3.05) is 11.9 Å². The SMILES string of the molecule is CC1CN(C(=O)c2ccc[nH]2)Cc2c(C(=O)Nc3ccc(Cl)c([N+](=O)[O-])c3)nn(Cc3ccc(F)cc3)c21. The number of fused-ring (bicyclic) bond motifs is 1. The first-order valence-electron chi connectivity index (χ1n) is 11.7. The molecule has 0 radical (unpaired) electrons. The van der Waals surface area contributed by atoms with Crippen molar-refractivity contribution in [3.63, 3.8) is 0 Å². The zero-order valence-electron chi connectivity index (χ0n) is 20.1. The lowest BCUT2D eigenvalue weighted by Crippen LogP contribution is -2.38. The lowest BCUT2D eigenvalue weighted by molar-refractivity contribution is -0.384. The lowest BCUT2D eigenvalue weighted by Gasteiger charge is -2.32. The van der Waals surface area contributed by atoms with Crippen molar-refractivity contribution in [1.82, 2.24) is 19.7 Å². The maximum atomic E-state index is 13.5. The molecule has 1 aliphatic rings. The van der Waals surface area contributed by atoms with Crippen molar-refractivity contribution in [1.29, 1.82) is 0 Å². The van der Waals surface area contributed by atoms with Gasteiger partial charge in [0.1, 0.15) is 16.5 Å². The second-order valence-electron chi connectivity index (χ2n) is 9.04. The second kappa shape index (κ2) is 10.1. The van der Waals surface area contributed by atoms with Crippen molar-refractivity contribution in [2.24, 2.45) is 0 Å². The number of aromatic amines is 1. The van der Waals surface area contributed by atoms with E-state index in [4.69, 9.17) is 11.6 Å². The quantitative estimate of drug-likeness (QED) is 0.266. The van der Waals surface area contributed by atoms with E-state index in [0.717, 1.165) is 11.3 Å². The minimum absolute atomic E-state index is 0.0544. The predicted octanol–water partition coefficient (Wildman–Crippen LogP) is 4.97. The summed E-state index contributed by atoms with van der Waals surface area (Å²) >= 11 is 5.90. The summed E-state index contributed by atoms with van der Waals surface area (Å²) in [5.41, 5.74) is 2.51. The number of nitro groups is 1. The fourth-order valence-electron chi connectivity index (χ4n) is 4.67. The van der Waals surface area contributed by atoms with Gasteiger partial charge in [-0.25, -0.2) is 4.39 Å². The molecule has 2 aromatic heterocycles. The van der Waals surface area contributed by atoms with E-state index in [1.807, 2.05) is 6.92 Å². The van der Waals surface area contributed by atoms with Crippen LogP contribution < -0.4 is 5.32 Å². The number of nitro benzene ring substituents is 1. The first kappa shape index (κ1) is 25.2. The minimum atomic E-state index is -0.636. The number of hydrogen-bond acceptors (Lipinski definition) is 5. The first-order valence-corrected chi connectivity index (χ1v) is 12.1. The highest BCUT2D eigenvalue weighted by molar-refractivity contribution is 6.32. The number of benzene rings is 2. The van der Waals surface area contributed by atoms with Gasteiger partial charge in [0.25, 0.3) is 17.5 Å². The van der Waals surface area contributed by atoms with Gasteiger partial charge in [0.2, 0.25) is 0 Å². The number of amides is 2. The van der Waals surface area contributed by atoms with Crippen molar-refractivity contribution < 1.29 is 18.9 Å². The van der Waals surface area contributed by atoms with Crippen LogP contribution in [-0.4, -0.2) is 42.9 Å². The summed E-state index contributed by atoms with van der Waals surface area (Å²) in [6.07, 6.45) is 1.66. The summed E-state index contributed by atoms with van der Waals surface area (Å²) in [4.78, 5) is 41.7. The van der Waals surface area contributed by atoms with Crippen LogP contribution in [0.15, 0.2) is 60.8 Å². The molecule has 2 amide bonds. The average molecular weight is 537 g/mol. The highest BCUT2D eigenvalue weighted by Gasteiger charge is 2.34. The number of H-pyrrole nitrogens is 1. The number of aromatic nitrogens is 3. The molecule has 1 unspecified atom stereocenters. The van der Waals surface area contributed by atoms with Crippen molar-refractivity contribution in [2.45, 2.75) is 25.9 Å². The van der Waals surface area contributed by atoms with Gasteiger partial charge < -0.3 is 15.2 Å². The molecular formula is C26H22ClFN6O4. The lowest BCUT2D eigenvalue weighted by atomic mass is 9.95. The Balaban J connectivity index is 1.52. The molecule has 3 heterocycles. The third kappa shape index (κ3) is 4.88. The molecule has 1 aliphatic heterocycles. The molecule has 4 aromatic rings. The Morgan fingerprint density at radius 1 is 1.24 bits per heavy atom. The Morgan fingerprint density at radius 2 is 2.00 bits per heavy atom. The summed E-state index contributed by atoms with van der Waals surface area (Å²) in [5, 5.41) is 18.5. The van der Waals surface area contributed by atoms with Crippen molar-refractivity contribution in [3.05, 3.63) is 110 Å². The van der Waals surface area contributed by atoms with Gasteiger partial charge in [0.05, 0.1) is 18.0 Å². The van der Waals surface area contributed by atoms with E-state index in [2.05, 4.69) is 15.4 Å². The molecule has 0 bridgehead atoms. The van der Waals surface area contributed by atoms with Gasteiger partial charge in [-0.2, -0.15) is 5.10 Å². The molecule has 10 nitrogen and oxygen atoms in total. The molecule has 2 aromatic carbocycles. The standard InChI is InChI=1S/C26H22ClFN6O4/c1-15-12-32(26(36)21-3-2-10-29-21)14-19-23(25(35)30-18-8-9-20(27)22(11-18)34(37)38)31-33(24(15)19)13-16-4-6-17(28)7-5-16/h2-11,15,29H,12-14H2,1H3,(H,30,35). The van der Waals surface area contributed by atoms with Crippen LogP contribution in [0.25, 0.3) is 0 Å². The number of carbonyl (C=O) groups is 2. The van der Waals surface area contributed by atoms with E-state index in [9.17, 15) is 24.1 Å².